The molecule has 4 aromatic rings. The molecule has 0 atom stereocenters. The number of anilines is 1. The van der Waals surface area contributed by atoms with Crippen LogP contribution in [0.1, 0.15) is 42.5 Å². The summed E-state index contributed by atoms with van der Waals surface area (Å²) in [5, 5.41) is 4.43. The summed E-state index contributed by atoms with van der Waals surface area (Å²) < 4.78 is 7.86. The molecule has 0 radical (unpaired) electrons. The number of halogens is 2. The fourth-order valence-electron chi connectivity index (χ4n) is 4.32. The molecule has 0 aliphatic heterocycles. The lowest BCUT2D eigenvalue weighted by molar-refractivity contribution is 0.0736. The van der Waals surface area contributed by atoms with Crippen LogP contribution in [0.15, 0.2) is 66.9 Å². The van der Waals surface area contributed by atoms with Crippen LogP contribution in [0.4, 0.5) is 5.82 Å². The molecule has 1 aliphatic rings. The second-order valence-electron chi connectivity index (χ2n) is 8.23. The smallest absolute Gasteiger partial charge is 0.345 e. The summed E-state index contributed by atoms with van der Waals surface area (Å²) in [6.07, 6.45) is 7.99. The lowest BCUT2D eigenvalue weighted by atomic mass is 9.95. The molecule has 168 valence electrons. The van der Waals surface area contributed by atoms with Gasteiger partial charge in [0.05, 0.1) is 10.6 Å². The van der Waals surface area contributed by atoms with E-state index < -0.39 is 5.97 Å². The second kappa shape index (κ2) is 9.46. The number of nitrogens with one attached hydrogen (secondary N) is 1. The maximum atomic E-state index is 12.9. The van der Waals surface area contributed by atoms with E-state index in [1.165, 1.54) is 25.3 Å². The number of hydrogen-bond acceptors (Lipinski definition) is 4. The normalized spacial score (nSPS) is 14.4. The minimum Gasteiger partial charge on any atom is -0.422 e. The molecule has 0 spiro atoms. The van der Waals surface area contributed by atoms with Gasteiger partial charge in [0.2, 0.25) is 0 Å². The Balaban J connectivity index is 1.54. The Morgan fingerprint density at radius 3 is 2.61 bits per heavy atom. The van der Waals surface area contributed by atoms with Crippen molar-refractivity contribution in [3.63, 3.8) is 0 Å². The number of nitrogens with zero attached hydrogens (tertiary/aromatic N) is 2. The molecule has 0 saturated heterocycles. The van der Waals surface area contributed by atoms with Gasteiger partial charge in [-0.05, 0) is 55.3 Å². The van der Waals surface area contributed by atoms with Crippen LogP contribution in [0.5, 0.6) is 5.75 Å². The fraction of sp³-hybridized carbons (Fsp3) is 0.231. The number of carbonyl (C=O) groups is 1. The van der Waals surface area contributed by atoms with Crippen LogP contribution in [0.2, 0.25) is 10.0 Å². The van der Waals surface area contributed by atoms with Crippen molar-refractivity contribution in [1.82, 2.24) is 9.38 Å². The Hall–Kier alpha value is -3.02. The predicted molar refractivity (Wildman–Crippen MR) is 133 cm³/mol. The van der Waals surface area contributed by atoms with Crippen LogP contribution in [0.25, 0.3) is 16.9 Å². The maximum Gasteiger partial charge on any atom is 0.345 e. The summed E-state index contributed by atoms with van der Waals surface area (Å²) in [7, 11) is 0. The third kappa shape index (κ3) is 4.56. The summed E-state index contributed by atoms with van der Waals surface area (Å²) in [6, 6.07) is 18.4. The monoisotopic (exact) mass is 479 g/mol. The Kier molecular flexibility index (Phi) is 6.25. The Bertz CT molecular complexity index is 1310. The maximum absolute atomic E-state index is 12.9. The van der Waals surface area contributed by atoms with Crippen LogP contribution in [0, 0.1) is 0 Å². The molecule has 33 heavy (non-hydrogen) atoms. The molecule has 1 N–H and O–H groups in total. The number of imidazole rings is 1. The highest BCUT2D eigenvalue weighted by atomic mass is 35.5. The first kappa shape index (κ1) is 21.8. The second-order valence-corrected chi connectivity index (χ2v) is 9.07. The number of para-hydroxylation sites is 1. The molecule has 1 fully saturated rings. The minimum atomic E-state index is -0.547. The molecule has 0 unspecified atom stereocenters. The summed E-state index contributed by atoms with van der Waals surface area (Å²) in [6.45, 7) is 0. The third-order valence-electron chi connectivity index (χ3n) is 5.97. The van der Waals surface area contributed by atoms with Gasteiger partial charge < -0.3 is 10.1 Å². The first-order valence-electron chi connectivity index (χ1n) is 11.1. The summed E-state index contributed by atoms with van der Waals surface area (Å²) in [4.78, 5) is 17.8. The molecule has 2 aromatic carbocycles. The van der Waals surface area contributed by atoms with Crippen LogP contribution in [-0.4, -0.2) is 21.4 Å². The number of ether oxygens (including phenoxy) is 1. The molecular formula is C26H23Cl2N3O2. The minimum absolute atomic E-state index is 0.248. The van der Waals surface area contributed by atoms with Gasteiger partial charge in [0.1, 0.15) is 22.9 Å². The number of esters is 1. The predicted octanol–water partition coefficient (Wildman–Crippen LogP) is 7.27. The zero-order chi connectivity index (χ0) is 22.8. The van der Waals surface area contributed by atoms with Crippen molar-refractivity contribution in [2.75, 3.05) is 5.32 Å². The van der Waals surface area contributed by atoms with Crippen molar-refractivity contribution in [3.05, 3.63) is 82.5 Å². The highest BCUT2D eigenvalue weighted by Gasteiger charge is 2.23. The zero-order valence-electron chi connectivity index (χ0n) is 17.9. The van der Waals surface area contributed by atoms with Crippen molar-refractivity contribution < 1.29 is 9.53 Å². The largest absolute Gasteiger partial charge is 0.422 e. The van der Waals surface area contributed by atoms with Gasteiger partial charge in [0.15, 0.2) is 0 Å². The molecule has 0 amide bonds. The van der Waals surface area contributed by atoms with Crippen molar-refractivity contribution in [2.45, 2.75) is 38.1 Å². The molecule has 5 nitrogen and oxygen atoms in total. The summed E-state index contributed by atoms with van der Waals surface area (Å²) in [5.41, 5.74) is 2.56. The molecule has 7 heteroatoms. The van der Waals surface area contributed by atoms with Crippen molar-refractivity contribution in [3.8, 4) is 17.0 Å². The fourth-order valence-corrected chi connectivity index (χ4v) is 4.81. The van der Waals surface area contributed by atoms with E-state index in [9.17, 15) is 4.79 Å². The van der Waals surface area contributed by atoms with Gasteiger partial charge in [0.25, 0.3) is 0 Å². The summed E-state index contributed by atoms with van der Waals surface area (Å²) in [5.74, 6) is 0.781. The lowest BCUT2D eigenvalue weighted by Gasteiger charge is -2.24. The molecule has 1 aliphatic carbocycles. The number of hydrogen-bond donors (Lipinski definition) is 1. The first-order chi connectivity index (χ1) is 16.1. The number of rotatable bonds is 5. The van der Waals surface area contributed by atoms with Gasteiger partial charge >= 0.3 is 5.97 Å². The Labute approximate surface area is 202 Å². The Morgan fingerprint density at radius 2 is 1.79 bits per heavy atom. The number of pyridine rings is 1. The molecule has 1 saturated carbocycles. The number of carbonyl (C=O) groups excluding carboxylic acids is 1. The van der Waals surface area contributed by atoms with Gasteiger partial charge in [-0.1, -0.05) is 60.7 Å². The van der Waals surface area contributed by atoms with Gasteiger partial charge in [-0.2, -0.15) is 0 Å². The first-order valence-corrected chi connectivity index (χ1v) is 11.9. The van der Waals surface area contributed by atoms with E-state index in [1.807, 2.05) is 42.6 Å². The van der Waals surface area contributed by atoms with E-state index in [-0.39, 0.29) is 10.6 Å². The van der Waals surface area contributed by atoms with E-state index in [2.05, 4.69) is 9.72 Å². The molecular weight excluding hydrogens is 457 g/mol. The van der Waals surface area contributed by atoms with E-state index >= 15 is 0 Å². The average molecular weight is 480 g/mol. The standard InChI is InChI=1S/C26H23Cl2N3O2/c27-17-13-14-19(21(28)16-17)26(32)33-22-11-5-4-10-20(22)24-25(29-18-8-2-1-3-9-18)31-15-7-6-12-23(31)30-24/h4-7,10-16,18,29H,1-3,8-9H2. The average Bonchev–Trinajstić information content (AvgIpc) is 3.18. The zero-order valence-corrected chi connectivity index (χ0v) is 19.4. The summed E-state index contributed by atoms with van der Waals surface area (Å²) >= 11 is 12.2. The van der Waals surface area contributed by atoms with E-state index in [0.29, 0.717) is 16.8 Å². The number of aromatic nitrogens is 2. The van der Waals surface area contributed by atoms with Gasteiger partial charge in [-0.15, -0.1) is 0 Å². The molecule has 5 rings (SSSR count). The van der Waals surface area contributed by atoms with Gasteiger partial charge in [0, 0.05) is 22.8 Å². The van der Waals surface area contributed by atoms with E-state index in [0.717, 1.165) is 35.6 Å². The van der Waals surface area contributed by atoms with Crippen LogP contribution in [0.3, 0.4) is 0 Å². The van der Waals surface area contributed by atoms with E-state index in [4.69, 9.17) is 32.9 Å². The Morgan fingerprint density at radius 1 is 1.00 bits per heavy atom. The molecule has 0 bridgehead atoms. The number of fused-ring (bicyclic) bond motifs is 1. The van der Waals surface area contributed by atoms with Gasteiger partial charge in [-0.25, -0.2) is 9.78 Å². The van der Waals surface area contributed by atoms with Crippen molar-refractivity contribution in [1.29, 1.82) is 0 Å². The van der Waals surface area contributed by atoms with Crippen LogP contribution < -0.4 is 10.1 Å². The third-order valence-corrected chi connectivity index (χ3v) is 6.52. The van der Waals surface area contributed by atoms with Crippen LogP contribution in [-0.2, 0) is 0 Å². The van der Waals surface area contributed by atoms with Gasteiger partial charge in [-0.3, -0.25) is 4.40 Å². The number of benzene rings is 2. The highest BCUT2D eigenvalue weighted by molar-refractivity contribution is 6.36. The highest BCUT2D eigenvalue weighted by Crippen LogP contribution is 2.37. The van der Waals surface area contributed by atoms with Crippen molar-refractivity contribution in [2.24, 2.45) is 0 Å². The lowest BCUT2D eigenvalue weighted by Crippen LogP contribution is -2.23. The van der Waals surface area contributed by atoms with Crippen LogP contribution >= 0.6 is 23.2 Å². The SMILES string of the molecule is O=C(Oc1ccccc1-c1nc2ccccn2c1NC1CCCCC1)c1ccc(Cl)cc1Cl. The molecule has 2 aromatic heterocycles. The van der Waals surface area contributed by atoms with Crippen molar-refractivity contribution >= 4 is 40.6 Å². The topological polar surface area (TPSA) is 55.6 Å². The molecule has 2 heterocycles. The quantitative estimate of drug-likeness (QED) is 0.241. The van der Waals surface area contributed by atoms with E-state index in [1.54, 1.807) is 18.2 Å².